The third kappa shape index (κ3) is 4.18. The molecule has 0 aliphatic heterocycles. The molecular formula is C13H17NO3. The zero-order valence-corrected chi connectivity index (χ0v) is 10.1. The fourth-order valence-corrected chi connectivity index (χ4v) is 1.37. The first-order valence-electron chi connectivity index (χ1n) is 5.43. The molecule has 0 amide bonds. The van der Waals surface area contributed by atoms with E-state index in [0.29, 0.717) is 18.0 Å². The Kier molecular flexibility index (Phi) is 5.07. The minimum absolute atomic E-state index is 0.238. The quantitative estimate of drug-likeness (QED) is 0.628. The van der Waals surface area contributed by atoms with Gasteiger partial charge in [0.15, 0.2) is 0 Å². The number of anilines is 1. The Morgan fingerprint density at radius 2 is 2.24 bits per heavy atom. The smallest absolute Gasteiger partial charge is 0.309 e. The lowest BCUT2D eigenvalue weighted by molar-refractivity contribution is -0.142. The Labute approximate surface area is 101 Å². The maximum absolute atomic E-state index is 11.1. The van der Waals surface area contributed by atoms with Gasteiger partial charge in [0.2, 0.25) is 0 Å². The summed E-state index contributed by atoms with van der Waals surface area (Å²) in [5.41, 5.74) is 7.16. The lowest BCUT2D eigenvalue weighted by Crippen LogP contribution is -2.01. The predicted molar refractivity (Wildman–Crippen MR) is 67.7 cm³/mol. The minimum Gasteiger partial charge on any atom is -0.496 e. The molecule has 0 aliphatic carbocycles. The fourth-order valence-electron chi connectivity index (χ4n) is 1.37. The molecule has 0 bridgehead atoms. The number of ether oxygens (including phenoxy) is 2. The summed E-state index contributed by atoms with van der Waals surface area (Å²) in [4.78, 5) is 11.1. The van der Waals surface area contributed by atoms with E-state index in [1.54, 1.807) is 32.2 Å². The first-order valence-corrected chi connectivity index (χ1v) is 5.43. The highest BCUT2D eigenvalue weighted by atomic mass is 16.5. The van der Waals surface area contributed by atoms with Crippen LogP contribution in [0.4, 0.5) is 5.69 Å². The Hall–Kier alpha value is -1.97. The van der Waals surface area contributed by atoms with E-state index in [9.17, 15) is 4.79 Å². The highest BCUT2D eigenvalue weighted by molar-refractivity contribution is 5.73. The van der Waals surface area contributed by atoms with Gasteiger partial charge < -0.3 is 15.2 Å². The average Bonchev–Trinajstić information content (AvgIpc) is 2.31. The summed E-state index contributed by atoms with van der Waals surface area (Å²) in [5, 5.41) is 0. The fraction of sp³-hybridized carbons (Fsp3) is 0.308. The molecule has 0 saturated heterocycles. The van der Waals surface area contributed by atoms with E-state index in [1.165, 1.54) is 0 Å². The van der Waals surface area contributed by atoms with Crippen molar-refractivity contribution in [3.05, 3.63) is 29.8 Å². The van der Waals surface area contributed by atoms with Crippen LogP contribution in [0.3, 0.4) is 0 Å². The molecule has 92 valence electrons. The summed E-state index contributed by atoms with van der Waals surface area (Å²) in [6.45, 7) is 2.18. The van der Waals surface area contributed by atoms with Crippen molar-refractivity contribution in [1.82, 2.24) is 0 Å². The number of nitrogens with two attached hydrogens (primary N) is 1. The maximum Gasteiger partial charge on any atom is 0.309 e. The lowest BCUT2D eigenvalue weighted by atomic mass is 10.1. The highest BCUT2D eigenvalue weighted by Crippen LogP contribution is 2.22. The first kappa shape index (κ1) is 13.1. The summed E-state index contributed by atoms with van der Waals surface area (Å²) >= 11 is 0. The molecule has 0 aliphatic rings. The molecule has 1 rings (SSSR count). The second-order valence-electron chi connectivity index (χ2n) is 3.41. The van der Waals surface area contributed by atoms with Crippen LogP contribution in [-0.2, 0) is 9.53 Å². The molecule has 1 aromatic carbocycles. The van der Waals surface area contributed by atoms with Gasteiger partial charge in [-0.2, -0.15) is 0 Å². The molecule has 2 N–H and O–H groups in total. The Morgan fingerprint density at radius 1 is 1.47 bits per heavy atom. The van der Waals surface area contributed by atoms with Gasteiger partial charge in [-0.05, 0) is 19.1 Å². The molecule has 4 nitrogen and oxygen atoms in total. The Morgan fingerprint density at radius 3 is 2.88 bits per heavy atom. The molecule has 0 fully saturated rings. The van der Waals surface area contributed by atoms with Gasteiger partial charge in [0.25, 0.3) is 0 Å². The van der Waals surface area contributed by atoms with Crippen LogP contribution in [0.15, 0.2) is 24.3 Å². The number of rotatable bonds is 5. The van der Waals surface area contributed by atoms with Crippen molar-refractivity contribution in [2.24, 2.45) is 0 Å². The van der Waals surface area contributed by atoms with Crippen molar-refractivity contribution in [3.63, 3.8) is 0 Å². The number of benzene rings is 1. The molecule has 17 heavy (non-hydrogen) atoms. The van der Waals surface area contributed by atoms with Crippen LogP contribution in [-0.4, -0.2) is 19.7 Å². The molecule has 0 radical (unpaired) electrons. The zero-order chi connectivity index (χ0) is 12.7. The third-order valence-electron chi connectivity index (χ3n) is 2.14. The van der Waals surface area contributed by atoms with Crippen LogP contribution >= 0.6 is 0 Å². The molecule has 0 spiro atoms. The van der Waals surface area contributed by atoms with Gasteiger partial charge in [0.1, 0.15) is 5.75 Å². The van der Waals surface area contributed by atoms with Crippen molar-refractivity contribution in [1.29, 1.82) is 0 Å². The van der Waals surface area contributed by atoms with Crippen LogP contribution in [0.2, 0.25) is 0 Å². The molecular weight excluding hydrogens is 218 g/mol. The van der Waals surface area contributed by atoms with Gasteiger partial charge in [0, 0.05) is 17.3 Å². The molecule has 0 aromatic heterocycles. The number of carbonyl (C=O) groups is 1. The van der Waals surface area contributed by atoms with Crippen LogP contribution < -0.4 is 10.5 Å². The zero-order valence-electron chi connectivity index (χ0n) is 10.1. The minimum atomic E-state index is -0.238. The second-order valence-corrected chi connectivity index (χ2v) is 3.41. The van der Waals surface area contributed by atoms with E-state index >= 15 is 0 Å². The Balaban J connectivity index is 2.67. The van der Waals surface area contributed by atoms with Crippen molar-refractivity contribution in [2.45, 2.75) is 13.3 Å². The standard InChI is InChI=1S/C13H17NO3/c1-3-17-13(15)6-4-5-10-7-8-11(14)9-12(10)16-2/h4-5,7-9H,3,6,14H2,1-2H3. The molecule has 0 heterocycles. The van der Waals surface area contributed by atoms with Crippen LogP contribution in [0, 0.1) is 0 Å². The SMILES string of the molecule is CCOC(=O)CC=Cc1ccc(N)cc1OC. The molecule has 0 unspecified atom stereocenters. The van der Waals surface area contributed by atoms with Crippen LogP contribution in [0.25, 0.3) is 6.08 Å². The Bertz CT molecular complexity index is 413. The van der Waals surface area contributed by atoms with Gasteiger partial charge >= 0.3 is 5.97 Å². The average molecular weight is 235 g/mol. The van der Waals surface area contributed by atoms with Gasteiger partial charge in [0.05, 0.1) is 20.1 Å². The van der Waals surface area contributed by atoms with Crippen LogP contribution in [0.1, 0.15) is 18.9 Å². The summed E-state index contributed by atoms with van der Waals surface area (Å²) in [6.07, 6.45) is 3.81. The van der Waals surface area contributed by atoms with Gasteiger partial charge in [-0.25, -0.2) is 0 Å². The number of carbonyl (C=O) groups excluding carboxylic acids is 1. The largest absolute Gasteiger partial charge is 0.496 e. The van der Waals surface area contributed by atoms with Crippen molar-refractivity contribution >= 4 is 17.7 Å². The monoisotopic (exact) mass is 235 g/mol. The van der Waals surface area contributed by atoms with Gasteiger partial charge in [-0.3, -0.25) is 4.79 Å². The third-order valence-corrected chi connectivity index (χ3v) is 2.14. The summed E-state index contributed by atoms with van der Waals surface area (Å²) in [6, 6.07) is 5.37. The molecule has 4 heteroatoms. The highest BCUT2D eigenvalue weighted by Gasteiger charge is 2.01. The molecule has 0 atom stereocenters. The van der Waals surface area contributed by atoms with E-state index in [0.717, 1.165) is 5.56 Å². The van der Waals surface area contributed by atoms with Gasteiger partial charge in [-0.1, -0.05) is 12.2 Å². The van der Waals surface area contributed by atoms with Gasteiger partial charge in [-0.15, -0.1) is 0 Å². The normalized spacial score (nSPS) is 10.5. The van der Waals surface area contributed by atoms with E-state index in [2.05, 4.69) is 0 Å². The van der Waals surface area contributed by atoms with Crippen LogP contribution in [0.5, 0.6) is 5.75 Å². The topological polar surface area (TPSA) is 61.5 Å². The summed E-state index contributed by atoms with van der Waals surface area (Å²) < 4.78 is 10.00. The predicted octanol–water partition coefficient (Wildman–Crippen LogP) is 2.24. The molecule has 1 aromatic rings. The first-order chi connectivity index (χ1) is 8.17. The molecule has 0 saturated carbocycles. The number of hydrogen-bond acceptors (Lipinski definition) is 4. The second kappa shape index (κ2) is 6.58. The lowest BCUT2D eigenvalue weighted by Gasteiger charge is -2.05. The van der Waals surface area contributed by atoms with Crippen molar-refractivity contribution in [2.75, 3.05) is 19.5 Å². The summed E-state index contributed by atoms with van der Waals surface area (Å²) in [7, 11) is 1.58. The van der Waals surface area contributed by atoms with E-state index in [-0.39, 0.29) is 12.4 Å². The van der Waals surface area contributed by atoms with Crippen molar-refractivity contribution < 1.29 is 14.3 Å². The number of nitrogen functional groups attached to an aromatic ring is 1. The summed E-state index contributed by atoms with van der Waals surface area (Å²) in [5.74, 6) is 0.447. The number of esters is 1. The van der Waals surface area contributed by atoms with E-state index < -0.39 is 0 Å². The van der Waals surface area contributed by atoms with E-state index in [4.69, 9.17) is 15.2 Å². The maximum atomic E-state index is 11.1. The van der Waals surface area contributed by atoms with Crippen molar-refractivity contribution in [3.8, 4) is 5.75 Å². The number of methoxy groups -OCH3 is 1. The van der Waals surface area contributed by atoms with E-state index in [1.807, 2.05) is 12.1 Å². The number of hydrogen-bond donors (Lipinski definition) is 1.